The predicted molar refractivity (Wildman–Crippen MR) is 86.7 cm³/mol. The summed E-state index contributed by atoms with van der Waals surface area (Å²) in [6, 6.07) is 2.63. The molecule has 1 aromatic heterocycles. The largest absolute Gasteiger partial charge is 0.370 e. The lowest BCUT2D eigenvalue weighted by atomic mass is 10.3. The Kier molecular flexibility index (Phi) is 5.63. The standard InChI is InChI=1S/C13H22N4S2/c1-4-5-14-11-8-12(16-13(15-11)18-3)17-6-7-19-9-10(17)2/h8,10H,4-7,9H2,1-3H3,(H,14,15,16). The van der Waals surface area contributed by atoms with Crippen LogP contribution in [0.25, 0.3) is 0 Å². The van der Waals surface area contributed by atoms with Crippen molar-refractivity contribution in [2.75, 3.05) is 41.1 Å². The topological polar surface area (TPSA) is 41.0 Å². The van der Waals surface area contributed by atoms with E-state index in [1.807, 2.05) is 18.0 Å². The van der Waals surface area contributed by atoms with Gasteiger partial charge in [0.1, 0.15) is 11.6 Å². The highest BCUT2D eigenvalue weighted by atomic mass is 32.2. The van der Waals surface area contributed by atoms with Crippen LogP contribution >= 0.6 is 23.5 Å². The van der Waals surface area contributed by atoms with Crippen LogP contribution < -0.4 is 10.2 Å². The summed E-state index contributed by atoms with van der Waals surface area (Å²) in [5.41, 5.74) is 0. The van der Waals surface area contributed by atoms with E-state index in [0.29, 0.717) is 6.04 Å². The lowest BCUT2D eigenvalue weighted by molar-refractivity contribution is 0.682. The average Bonchev–Trinajstić information content (AvgIpc) is 2.45. The Morgan fingerprint density at radius 3 is 3.05 bits per heavy atom. The third-order valence-corrected chi connectivity index (χ3v) is 4.83. The van der Waals surface area contributed by atoms with Crippen LogP contribution in [0.5, 0.6) is 0 Å². The van der Waals surface area contributed by atoms with Gasteiger partial charge in [0.05, 0.1) is 0 Å². The fourth-order valence-electron chi connectivity index (χ4n) is 2.06. The molecule has 2 heterocycles. The minimum absolute atomic E-state index is 0.544. The van der Waals surface area contributed by atoms with E-state index in [9.17, 15) is 0 Å². The van der Waals surface area contributed by atoms with Crippen molar-refractivity contribution in [3.63, 3.8) is 0 Å². The zero-order chi connectivity index (χ0) is 13.7. The zero-order valence-electron chi connectivity index (χ0n) is 11.8. The molecule has 6 heteroatoms. The maximum Gasteiger partial charge on any atom is 0.191 e. The van der Waals surface area contributed by atoms with E-state index >= 15 is 0 Å². The molecule has 0 aliphatic carbocycles. The molecule has 2 rings (SSSR count). The van der Waals surface area contributed by atoms with Crippen LogP contribution in [0.2, 0.25) is 0 Å². The van der Waals surface area contributed by atoms with Gasteiger partial charge in [0.15, 0.2) is 5.16 Å². The zero-order valence-corrected chi connectivity index (χ0v) is 13.5. The summed E-state index contributed by atoms with van der Waals surface area (Å²) >= 11 is 3.63. The number of nitrogens with zero attached hydrogens (tertiary/aromatic N) is 3. The number of thioether (sulfide) groups is 2. The van der Waals surface area contributed by atoms with Crippen molar-refractivity contribution in [1.82, 2.24) is 9.97 Å². The molecule has 0 saturated carbocycles. The highest BCUT2D eigenvalue weighted by molar-refractivity contribution is 7.99. The first-order chi connectivity index (χ1) is 9.24. The molecule has 0 spiro atoms. The second kappa shape index (κ2) is 7.24. The van der Waals surface area contributed by atoms with Crippen LogP contribution in [0.4, 0.5) is 11.6 Å². The Labute approximate surface area is 124 Å². The fraction of sp³-hybridized carbons (Fsp3) is 0.692. The molecule has 1 aromatic rings. The summed E-state index contributed by atoms with van der Waals surface area (Å²) in [5, 5.41) is 4.22. The van der Waals surface area contributed by atoms with Gasteiger partial charge in [-0.15, -0.1) is 0 Å². The third kappa shape index (κ3) is 3.92. The normalized spacial score (nSPS) is 19.5. The fourth-order valence-corrected chi connectivity index (χ4v) is 3.45. The smallest absolute Gasteiger partial charge is 0.191 e. The molecule has 1 fully saturated rings. The molecule has 1 saturated heterocycles. The summed E-state index contributed by atoms with van der Waals surface area (Å²) < 4.78 is 0. The Bertz CT molecular complexity index is 414. The van der Waals surface area contributed by atoms with Gasteiger partial charge in [-0.3, -0.25) is 0 Å². The van der Waals surface area contributed by atoms with Crippen molar-refractivity contribution in [3.8, 4) is 0 Å². The lowest BCUT2D eigenvalue weighted by Crippen LogP contribution is -2.41. The molecule has 1 N–H and O–H groups in total. The molecular weight excluding hydrogens is 276 g/mol. The summed E-state index contributed by atoms with van der Waals surface area (Å²) in [6.07, 6.45) is 3.13. The first-order valence-electron chi connectivity index (χ1n) is 6.76. The summed E-state index contributed by atoms with van der Waals surface area (Å²) in [7, 11) is 0. The highest BCUT2D eigenvalue weighted by Crippen LogP contribution is 2.25. The first-order valence-corrected chi connectivity index (χ1v) is 9.14. The predicted octanol–water partition coefficient (Wildman–Crippen LogP) is 2.96. The number of hydrogen-bond donors (Lipinski definition) is 1. The van der Waals surface area contributed by atoms with Crippen LogP contribution in [0.1, 0.15) is 20.3 Å². The van der Waals surface area contributed by atoms with E-state index < -0.39 is 0 Å². The van der Waals surface area contributed by atoms with E-state index in [0.717, 1.165) is 36.3 Å². The molecule has 4 nitrogen and oxygen atoms in total. The Balaban J connectivity index is 2.22. The first kappa shape index (κ1) is 14.8. The second-order valence-corrected chi connectivity index (χ2v) is 6.57. The molecule has 1 aliphatic heterocycles. The van der Waals surface area contributed by atoms with Crippen molar-refractivity contribution < 1.29 is 0 Å². The molecule has 19 heavy (non-hydrogen) atoms. The number of rotatable bonds is 5. The quantitative estimate of drug-likeness (QED) is 0.666. The number of hydrogen-bond acceptors (Lipinski definition) is 6. The van der Waals surface area contributed by atoms with Gasteiger partial charge in [0, 0.05) is 36.7 Å². The summed E-state index contributed by atoms with van der Waals surface area (Å²) in [4.78, 5) is 11.6. The van der Waals surface area contributed by atoms with Crippen LogP contribution in [0.3, 0.4) is 0 Å². The SMILES string of the molecule is CCCNc1cc(N2CCSCC2C)nc(SC)n1. The van der Waals surface area contributed by atoms with Crippen LogP contribution in [-0.2, 0) is 0 Å². The molecule has 1 unspecified atom stereocenters. The monoisotopic (exact) mass is 298 g/mol. The molecule has 1 aliphatic rings. The molecule has 1 atom stereocenters. The van der Waals surface area contributed by atoms with Gasteiger partial charge >= 0.3 is 0 Å². The number of nitrogens with one attached hydrogen (secondary N) is 1. The van der Waals surface area contributed by atoms with Gasteiger partial charge in [0.2, 0.25) is 0 Å². The Morgan fingerprint density at radius 2 is 2.37 bits per heavy atom. The number of anilines is 2. The van der Waals surface area contributed by atoms with Crippen molar-refractivity contribution in [2.45, 2.75) is 31.5 Å². The lowest BCUT2D eigenvalue weighted by Gasteiger charge is -2.34. The van der Waals surface area contributed by atoms with E-state index in [-0.39, 0.29) is 0 Å². The van der Waals surface area contributed by atoms with E-state index in [4.69, 9.17) is 0 Å². The van der Waals surface area contributed by atoms with Gasteiger partial charge in [0.25, 0.3) is 0 Å². The molecule has 0 amide bonds. The van der Waals surface area contributed by atoms with E-state index in [2.05, 4.69) is 40.1 Å². The van der Waals surface area contributed by atoms with Crippen molar-refractivity contribution >= 4 is 35.2 Å². The second-order valence-electron chi connectivity index (χ2n) is 4.64. The minimum Gasteiger partial charge on any atom is -0.370 e. The van der Waals surface area contributed by atoms with Crippen LogP contribution in [0.15, 0.2) is 11.2 Å². The van der Waals surface area contributed by atoms with Crippen LogP contribution in [-0.4, -0.2) is 46.9 Å². The minimum atomic E-state index is 0.544. The average molecular weight is 298 g/mol. The van der Waals surface area contributed by atoms with Gasteiger partial charge < -0.3 is 10.2 Å². The van der Waals surface area contributed by atoms with Gasteiger partial charge in [-0.25, -0.2) is 9.97 Å². The van der Waals surface area contributed by atoms with Crippen LogP contribution in [0, 0.1) is 0 Å². The summed E-state index contributed by atoms with van der Waals surface area (Å²) in [6.45, 7) is 6.46. The maximum absolute atomic E-state index is 4.66. The molecular formula is C13H22N4S2. The molecule has 106 valence electrons. The number of aromatic nitrogens is 2. The third-order valence-electron chi connectivity index (χ3n) is 3.09. The molecule has 0 bridgehead atoms. The van der Waals surface area contributed by atoms with Crippen molar-refractivity contribution in [3.05, 3.63) is 6.07 Å². The van der Waals surface area contributed by atoms with E-state index in [1.54, 1.807) is 11.8 Å². The van der Waals surface area contributed by atoms with Crippen molar-refractivity contribution in [2.24, 2.45) is 0 Å². The maximum atomic E-state index is 4.66. The summed E-state index contributed by atoms with van der Waals surface area (Å²) in [5.74, 6) is 4.36. The molecule has 0 aromatic carbocycles. The Hall–Kier alpha value is -0.620. The van der Waals surface area contributed by atoms with Gasteiger partial charge in [-0.1, -0.05) is 18.7 Å². The Morgan fingerprint density at radius 1 is 1.53 bits per heavy atom. The van der Waals surface area contributed by atoms with E-state index in [1.165, 1.54) is 11.5 Å². The molecule has 0 radical (unpaired) electrons. The highest BCUT2D eigenvalue weighted by Gasteiger charge is 2.21. The van der Waals surface area contributed by atoms with Gasteiger partial charge in [-0.2, -0.15) is 11.8 Å². The van der Waals surface area contributed by atoms with Crippen molar-refractivity contribution in [1.29, 1.82) is 0 Å². The van der Waals surface area contributed by atoms with Gasteiger partial charge in [-0.05, 0) is 19.6 Å².